The number of furan rings is 1. The highest BCUT2D eigenvalue weighted by molar-refractivity contribution is 6.01. The first-order chi connectivity index (χ1) is 14.4. The molecule has 0 unspecified atom stereocenters. The van der Waals surface area contributed by atoms with E-state index in [1.54, 1.807) is 6.07 Å². The van der Waals surface area contributed by atoms with E-state index in [-0.39, 0.29) is 24.1 Å². The summed E-state index contributed by atoms with van der Waals surface area (Å²) in [7, 11) is 0. The van der Waals surface area contributed by atoms with Crippen molar-refractivity contribution in [2.75, 3.05) is 13.2 Å². The molecule has 0 saturated heterocycles. The second-order valence-corrected chi connectivity index (χ2v) is 7.96. The number of benzene rings is 1. The van der Waals surface area contributed by atoms with E-state index >= 15 is 0 Å². The Morgan fingerprint density at radius 3 is 2.70 bits per heavy atom. The average molecular weight is 412 g/mol. The van der Waals surface area contributed by atoms with Crippen LogP contribution in [0, 0.1) is 12.8 Å². The summed E-state index contributed by atoms with van der Waals surface area (Å²) in [5.74, 6) is -0.671. The van der Waals surface area contributed by atoms with Crippen LogP contribution in [0.4, 0.5) is 0 Å². The molecule has 3 rings (SSSR count). The van der Waals surface area contributed by atoms with Gasteiger partial charge in [-0.3, -0.25) is 14.4 Å². The van der Waals surface area contributed by atoms with Crippen LogP contribution in [0.2, 0.25) is 0 Å². The second-order valence-electron chi connectivity index (χ2n) is 7.96. The number of fused-ring (bicyclic) bond motifs is 1. The smallest absolute Gasteiger partial charge is 0.287 e. The van der Waals surface area contributed by atoms with Gasteiger partial charge in [-0.15, -0.1) is 0 Å². The summed E-state index contributed by atoms with van der Waals surface area (Å²) >= 11 is 0. The second kappa shape index (κ2) is 9.71. The molecule has 2 aromatic rings. The topological polar surface area (TPSA) is 97.6 Å². The van der Waals surface area contributed by atoms with Gasteiger partial charge in [0.15, 0.2) is 11.5 Å². The molecular formula is C23H28N2O5. The van der Waals surface area contributed by atoms with E-state index < -0.39 is 23.9 Å². The number of amides is 2. The summed E-state index contributed by atoms with van der Waals surface area (Å²) < 4.78 is 10.9. The Hall–Kier alpha value is -2.93. The summed E-state index contributed by atoms with van der Waals surface area (Å²) in [5.41, 5.74) is 1.35. The highest BCUT2D eigenvalue weighted by Crippen LogP contribution is 2.25. The van der Waals surface area contributed by atoms with Crippen LogP contribution >= 0.6 is 0 Å². The highest BCUT2D eigenvalue weighted by Gasteiger charge is 2.29. The maximum Gasteiger partial charge on any atom is 0.287 e. The number of ketones is 1. The molecule has 1 aromatic carbocycles. The lowest BCUT2D eigenvalue weighted by Gasteiger charge is -2.23. The Labute approximate surface area is 175 Å². The van der Waals surface area contributed by atoms with Crippen LogP contribution in [-0.4, -0.2) is 42.9 Å². The van der Waals surface area contributed by atoms with Gasteiger partial charge in [0.25, 0.3) is 5.91 Å². The fourth-order valence-electron chi connectivity index (χ4n) is 3.49. The standard InChI is InChI=1S/C23H28N2O5/c1-14(2)12-18(22(27)24-17-9-6-7-11-29-13-19(17)26)25-23(28)21-15(3)16-8-4-5-10-20(16)30-21/h4-8,10,14,17-18H,9,11-13H2,1-3H3,(H,24,27)(H,25,28)/t17-,18-/m0/s1. The van der Waals surface area contributed by atoms with Crippen molar-refractivity contribution in [3.8, 4) is 0 Å². The molecule has 7 nitrogen and oxygen atoms in total. The molecule has 7 heteroatoms. The summed E-state index contributed by atoms with van der Waals surface area (Å²) in [6, 6.07) is 5.95. The monoisotopic (exact) mass is 412 g/mol. The molecular weight excluding hydrogens is 384 g/mol. The third kappa shape index (κ3) is 5.16. The molecule has 0 fully saturated rings. The minimum absolute atomic E-state index is 0.0470. The molecule has 0 spiro atoms. The molecule has 2 heterocycles. The van der Waals surface area contributed by atoms with Gasteiger partial charge in [0.1, 0.15) is 18.2 Å². The third-order valence-corrected chi connectivity index (χ3v) is 5.08. The molecule has 1 aliphatic heterocycles. The Morgan fingerprint density at radius 2 is 1.97 bits per heavy atom. The summed E-state index contributed by atoms with van der Waals surface area (Å²) in [6.45, 7) is 6.09. The largest absolute Gasteiger partial charge is 0.451 e. The van der Waals surface area contributed by atoms with Gasteiger partial charge in [0.2, 0.25) is 5.91 Å². The van der Waals surface area contributed by atoms with Gasteiger partial charge in [-0.2, -0.15) is 0 Å². The Balaban J connectivity index is 1.75. The van der Waals surface area contributed by atoms with Crippen LogP contribution in [0.15, 0.2) is 40.8 Å². The van der Waals surface area contributed by atoms with Crippen molar-refractivity contribution in [3.05, 3.63) is 47.7 Å². The van der Waals surface area contributed by atoms with Crippen LogP contribution in [0.3, 0.4) is 0 Å². The predicted molar refractivity (Wildman–Crippen MR) is 113 cm³/mol. The zero-order chi connectivity index (χ0) is 21.7. The lowest BCUT2D eigenvalue weighted by molar-refractivity contribution is -0.131. The van der Waals surface area contributed by atoms with E-state index in [9.17, 15) is 14.4 Å². The Bertz CT molecular complexity index is 960. The van der Waals surface area contributed by atoms with Gasteiger partial charge in [-0.1, -0.05) is 44.2 Å². The van der Waals surface area contributed by atoms with Crippen molar-refractivity contribution >= 4 is 28.6 Å². The number of nitrogens with one attached hydrogen (secondary N) is 2. The van der Waals surface area contributed by atoms with Gasteiger partial charge in [0, 0.05) is 10.9 Å². The zero-order valence-electron chi connectivity index (χ0n) is 17.6. The lowest BCUT2D eigenvalue weighted by Crippen LogP contribution is -2.52. The number of aryl methyl sites for hydroxylation is 1. The minimum Gasteiger partial charge on any atom is -0.451 e. The van der Waals surface area contributed by atoms with Crippen molar-refractivity contribution < 1.29 is 23.5 Å². The molecule has 0 bridgehead atoms. The number of hydrogen-bond donors (Lipinski definition) is 2. The molecule has 30 heavy (non-hydrogen) atoms. The van der Waals surface area contributed by atoms with Crippen LogP contribution in [-0.2, 0) is 14.3 Å². The van der Waals surface area contributed by atoms with Gasteiger partial charge >= 0.3 is 0 Å². The molecule has 0 aliphatic carbocycles. The Kier molecular flexibility index (Phi) is 7.05. The van der Waals surface area contributed by atoms with E-state index in [0.717, 1.165) is 10.9 Å². The maximum absolute atomic E-state index is 12.9. The zero-order valence-corrected chi connectivity index (χ0v) is 17.6. The van der Waals surface area contributed by atoms with Crippen molar-refractivity contribution in [1.29, 1.82) is 0 Å². The van der Waals surface area contributed by atoms with E-state index in [2.05, 4.69) is 10.6 Å². The summed E-state index contributed by atoms with van der Waals surface area (Å²) in [4.78, 5) is 38.1. The first-order valence-corrected chi connectivity index (χ1v) is 10.2. The summed E-state index contributed by atoms with van der Waals surface area (Å²) in [5, 5.41) is 6.43. The van der Waals surface area contributed by atoms with Crippen molar-refractivity contribution in [1.82, 2.24) is 10.6 Å². The van der Waals surface area contributed by atoms with Gasteiger partial charge < -0.3 is 19.8 Å². The maximum atomic E-state index is 12.9. The van der Waals surface area contributed by atoms with Crippen LogP contribution in [0.25, 0.3) is 11.0 Å². The van der Waals surface area contributed by atoms with Crippen molar-refractivity contribution in [2.24, 2.45) is 5.92 Å². The molecule has 2 atom stereocenters. The van der Waals surface area contributed by atoms with Gasteiger partial charge in [-0.05, 0) is 31.7 Å². The molecule has 2 N–H and O–H groups in total. The quantitative estimate of drug-likeness (QED) is 0.711. The molecule has 2 amide bonds. The number of rotatable bonds is 6. The number of ether oxygens (including phenoxy) is 1. The average Bonchev–Trinajstić information content (AvgIpc) is 3.04. The first-order valence-electron chi connectivity index (χ1n) is 10.2. The minimum atomic E-state index is -0.784. The lowest BCUT2D eigenvalue weighted by atomic mass is 10.0. The van der Waals surface area contributed by atoms with Crippen molar-refractivity contribution in [3.63, 3.8) is 0 Å². The molecule has 0 radical (unpaired) electrons. The molecule has 1 aliphatic rings. The molecule has 1 aromatic heterocycles. The first kappa shape index (κ1) is 21.8. The van der Waals surface area contributed by atoms with Gasteiger partial charge in [0.05, 0.1) is 12.6 Å². The number of para-hydroxylation sites is 1. The molecule has 0 saturated carbocycles. The van der Waals surface area contributed by atoms with Crippen LogP contribution in [0.5, 0.6) is 0 Å². The SMILES string of the molecule is Cc1c(C(=O)N[C@@H](CC(C)C)C(=O)N[C@H]2CC=CCOCC2=O)oc2ccccc12. The number of carbonyl (C=O) groups excluding carboxylic acids is 3. The summed E-state index contributed by atoms with van der Waals surface area (Å²) in [6.07, 6.45) is 4.47. The fraction of sp³-hybridized carbons (Fsp3) is 0.435. The predicted octanol–water partition coefficient (Wildman–Crippen LogP) is 2.92. The number of carbonyl (C=O) groups is 3. The van der Waals surface area contributed by atoms with E-state index in [1.807, 2.05) is 51.1 Å². The fourth-order valence-corrected chi connectivity index (χ4v) is 3.49. The number of hydrogen-bond acceptors (Lipinski definition) is 5. The molecule has 160 valence electrons. The van der Waals surface area contributed by atoms with E-state index in [4.69, 9.17) is 9.15 Å². The Morgan fingerprint density at radius 1 is 1.20 bits per heavy atom. The normalized spacial score (nSPS) is 18.1. The van der Waals surface area contributed by atoms with E-state index in [0.29, 0.717) is 25.0 Å². The van der Waals surface area contributed by atoms with Crippen LogP contribution in [0.1, 0.15) is 42.8 Å². The number of Topliss-reactive ketones (excluding diaryl/α,β-unsaturated/α-hetero) is 1. The van der Waals surface area contributed by atoms with Crippen molar-refractivity contribution in [2.45, 2.75) is 45.7 Å². The highest BCUT2D eigenvalue weighted by atomic mass is 16.5. The van der Waals surface area contributed by atoms with E-state index in [1.165, 1.54) is 0 Å². The van der Waals surface area contributed by atoms with Crippen LogP contribution < -0.4 is 10.6 Å². The third-order valence-electron chi connectivity index (χ3n) is 5.08. The van der Waals surface area contributed by atoms with Gasteiger partial charge in [-0.25, -0.2) is 0 Å².